The zero-order chi connectivity index (χ0) is 12.3. The van der Waals surface area contributed by atoms with E-state index in [2.05, 4.69) is 10.3 Å². The molecule has 1 heterocycles. The molecule has 0 unspecified atom stereocenters. The number of hydrogen-bond donors (Lipinski definition) is 1. The summed E-state index contributed by atoms with van der Waals surface area (Å²) in [6, 6.07) is 4.98. The van der Waals surface area contributed by atoms with Crippen molar-refractivity contribution in [3.05, 3.63) is 48.5 Å². The highest BCUT2D eigenvalue weighted by Gasteiger charge is 2.11. The maximum atomic E-state index is 10.7. The lowest BCUT2D eigenvalue weighted by Crippen LogP contribution is -1.99. The van der Waals surface area contributed by atoms with Gasteiger partial charge in [0.05, 0.1) is 20.5 Å². The first-order valence-corrected chi connectivity index (χ1v) is 6.68. The molecule has 1 N–H and O–H groups in total. The van der Waals surface area contributed by atoms with Crippen molar-refractivity contribution in [3.8, 4) is 0 Å². The molecule has 0 aliphatic rings. The second kappa shape index (κ2) is 5.41. The van der Waals surface area contributed by atoms with Gasteiger partial charge in [0, 0.05) is 22.8 Å². The average Bonchev–Trinajstić information content (AvgIpc) is 2.78. The summed E-state index contributed by atoms with van der Waals surface area (Å²) in [5.41, 5.74) is 2.78. The Labute approximate surface area is 115 Å². The van der Waals surface area contributed by atoms with Crippen LogP contribution in [0.25, 0.3) is 0 Å². The van der Waals surface area contributed by atoms with Gasteiger partial charge in [0.2, 0.25) is 0 Å². The van der Waals surface area contributed by atoms with Crippen LogP contribution in [0.3, 0.4) is 0 Å². The Hall–Kier alpha value is -1.22. The summed E-state index contributed by atoms with van der Waals surface area (Å²) in [6.45, 7) is 0.679. The van der Waals surface area contributed by atoms with Gasteiger partial charge in [-0.1, -0.05) is 0 Å². The lowest BCUT2D eigenvalue weighted by atomic mass is 10.3. The molecule has 0 fully saturated rings. The summed E-state index contributed by atoms with van der Waals surface area (Å²) >= 11 is 3.53. The fraction of sp³-hybridized carbons (Fsp3) is 0.100. The number of thiazole rings is 1. The van der Waals surface area contributed by atoms with E-state index in [9.17, 15) is 10.1 Å². The van der Waals surface area contributed by atoms with E-state index in [0.717, 1.165) is 10.6 Å². The van der Waals surface area contributed by atoms with Crippen LogP contribution in [0.1, 0.15) is 4.88 Å². The lowest BCUT2D eigenvalue weighted by Gasteiger charge is -2.05. The number of benzene rings is 1. The molecule has 0 aliphatic carbocycles. The summed E-state index contributed by atoms with van der Waals surface area (Å²) in [4.78, 5) is 15.4. The van der Waals surface area contributed by atoms with Crippen LogP contribution in [0.2, 0.25) is 0 Å². The Morgan fingerprint density at radius 2 is 2.35 bits per heavy atom. The van der Waals surface area contributed by atoms with Gasteiger partial charge in [-0.2, -0.15) is 0 Å². The molecular weight excluding hydrogens is 353 g/mol. The summed E-state index contributed by atoms with van der Waals surface area (Å²) in [5.74, 6) is 0. The topological polar surface area (TPSA) is 68.1 Å². The first kappa shape index (κ1) is 12.2. The summed E-state index contributed by atoms with van der Waals surface area (Å²) in [7, 11) is 0. The summed E-state index contributed by atoms with van der Waals surface area (Å²) in [5, 5.41) is 13.8. The van der Waals surface area contributed by atoms with Crippen molar-refractivity contribution < 1.29 is 4.92 Å². The van der Waals surface area contributed by atoms with Crippen LogP contribution in [0.5, 0.6) is 0 Å². The molecule has 88 valence electrons. The van der Waals surface area contributed by atoms with Crippen LogP contribution < -0.4 is 5.32 Å². The summed E-state index contributed by atoms with van der Waals surface area (Å²) in [6.07, 6.45) is 1.80. The van der Waals surface area contributed by atoms with Crippen molar-refractivity contribution in [2.24, 2.45) is 0 Å². The Kier molecular flexibility index (Phi) is 3.89. The van der Waals surface area contributed by atoms with Gasteiger partial charge in [-0.3, -0.25) is 15.1 Å². The number of nitro groups is 1. The molecule has 2 aromatic rings. The lowest BCUT2D eigenvalue weighted by molar-refractivity contribution is -0.385. The van der Waals surface area contributed by atoms with E-state index in [1.807, 2.05) is 22.6 Å². The third-order valence-corrected chi connectivity index (χ3v) is 3.74. The van der Waals surface area contributed by atoms with E-state index >= 15 is 0 Å². The molecule has 0 amide bonds. The number of halogens is 1. The van der Waals surface area contributed by atoms with Gasteiger partial charge in [0.25, 0.3) is 5.69 Å². The first-order valence-electron chi connectivity index (χ1n) is 4.72. The molecule has 0 atom stereocenters. The fourth-order valence-electron chi connectivity index (χ4n) is 1.28. The van der Waals surface area contributed by atoms with Crippen LogP contribution in [0.4, 0.5) is 11.4 Å². The third-order valence-electron chi connectivity index (χ3n) is 2.09. The van der Waals surface area contributed by atoms with Crippen molar-refractivity contribution in [2.45, 2.75) is 6.54 Å². The van der Waals surface area contributed by atoms with Crippen molar-refractivity contribution >= 4 is 45.3 Å². The number of nitro benzene ring substituents is 1. The van der Waals surface area contributed by atoms with E-state index in [0.29, 0.717) is 10.1 Å². The van der Waals surface area contributed by atoms with Gasteiger partial charge < -0.3 is 5.32 Å². The van der Waals surface area contributed by atoms with Gasteiger partial charge in [-0.25, -0.2) is 0 Å². The number of anilines is 1. The van der Waals surface area contributed by atoms with E-state index in [-0.39, 0.29) is 10.6 Å². The third kappa shape index (κ3) is 3.13. The monoisotopic (exact) mass is 361 g/mol. The normalized spacial score (nSPS) is 10.2. The number of hydrogen-bond acceptors (Lipinski definition) is 5. The van der Waals surface area contributed by atoms with Gasteiger partial charge in [-0.15, -0.1) is 11.3 Å². The molecular formula is C10H8IN3O2S. The largest absolute Gasteiger partial charge is 0.380 e. The molecule has 7 heteroatoms. The first-order chi connectivity index (χ1) is 8.16. The van der Waals surface area contributed by atoms with Crippen molar-refractivity contribution in [1.29, 1.82) is 0 Å². The van der Waals surface area contributed by atoms with Crippen LogP contribution >= 0.6 is 33.9 Å². The molecule has 0 aliphatic heterocycles. The second-order valence-electron chi connectivity index (χ2n) is 3.24. The molecule has 0 saturated heterocycles. The predicted molar refractivity (Wildman–Crippen MR) is 75.3 cm³/mol. The zero-order valence-electron chi connectivity index (χ0n) is 8.59. The molecule has 2 rings (SSSR count). The second-order valence-corrected chi connectivity index (χ2v) is 5.38. The number of rotatable bonds is 4. The van der Waals surface area contributed by atoms with Crippen molar-refractivity contribution in [1.82, 2.24) is 4.98 Å². The predicted octanol–water partition coefficient (Wildman–Crippen LogP) is 3.27. The van der Waals surface area contributed by atoms with E-state index < -0.39 is 0 Å². The fourth-order valence-corrected chi connectivity index (χ4v) is 2.53. The molecule has 0 saturated carbocycles. The van der Waals surface area contributed by atoms with Gasteiger partial charge in [0.15, 0.2) is 0 Å². The van der Waals surface area contributed by atoms with Gasteiger partial charge in [0.1, 0.15) is 0 Å². The average molecular weight is 361 g/mol. The van der Waals surface area contributed by atoms with Crippen molar-refractivity contribution in [3.63, 3.8) is 0 Å². The Bertz CT molecular complexity index is 530. The van der Waals surface area contributed by atoms with Gasteiger partial charge in [-0.05, 0) is 34.7 Å². The molecule has 0 radical (unpaired) electrons. The number of aromatic nitrogens is 1. The Morgan fingerprint density at radius 1 is 1.53 bits per heavy atom. The Balaban J connectivity index is 2.07. The van der Waals surface area contributed by atoms with Crippen LogP contribution in [0, 0.1) is 13.7 Å². The smallest absolute Gasteiger partial charge is 0.282 e. The highest BCUT2D eigenvalue weighted by Crippen LogP contribution is 2.24. The quantitative estimate of drug-likeness (QED) is 0.516. The molecule has 1 aromatic carbocycles. The molecule has 17 heavy (non-hydrogen) atoms. The van der Waals surface area contributed by atoms with Crippen LogP contribution in [0.15, 0.2) is 29.9 Å². The van der Waals surface area contributed by atoms with E-state index in [1.54, 1.807) is 35.2 Å². The van der Waals surface area contributed by atoms with Crippen molar-refractivity contribution in [2.75, 3.05) is 5.32 Å². The summed E-state index contributed by atoms with van der Waals surface area (Å²) < 4.78 is 0.627. The highest BCUT2D eigenvalue weighted by atomic mass is 127. The SMILES string of the molecule is O=[N+]([O-])c1ccc(NCc2cncs2)cc1I. The molecule has 1 aromatic heterocycles. The van der Waals surface area contributed by atoms with E-state index in [1.165, 1.54) is 6.07 Å². The van der Waals surface area contributed by atoms with Gasteiger partial charge >= 0.3 is 0 Å². The number of nitrogens with zero attached hydrogens (tertiary/aromatic N) is 2. The zero-order valence-corrected chi connectivity index (χ0v) is 11.6. The maximum absolute atomic E-state index is 10.7. The molecule has 0 bridgehead atoms. The Morgan fingerprint density at radius 3 is 2.94 bits per heavy atom. The molecule has 5 nitrogen and oxygen atoms in total. The number of nitrogens with one attached hydrogen (secondary N) is 1. The maximum Gasteiger partial charge on any atom is 0.282 e. The molecule has 0 spiro atoms. The standard InChI is InChI=1S/C10H8IN3O2S/c11-9-3-7(1-2-10(9)14(15)16)13-5-8-4-12-6-17-8/h1-4,6,13H,5H2. The minimum Gasteiger partial charge on any atom is -0.380 e. The van der Waals surface area contributed by atoms with Crippen LogP contribution in [-0.2, 0) is 6.54 Å². The van der Waals surface area contributed by atoms with Crippen LogP contribution in [-0.4, -0.2) is 9.91 Å². The van der Waals surface area contributed by atoms with E-state index in [4.69, 9.17) is 0 Å². The minimum absolute atomic E-state index is 0.133. The highest BCUT2D eigenvalue weighted by molar-refractivity contribution is 14.1. The minimum atomic E-state index is -0.380.